The minimum absolute atomic E-state index is 0.370. The average molecular weight is 273 g/mol. The van der Waals surface area contributed by atoms with E-state index < -0.39 is 0 Å². The molecule has 0 bridgehead atoms. The number of H-pyrrole nitrogens is 1. The van der Waals surface area contributed by atoms with E-state index in [1.807, 2.05) is 30.0 Å². The van der Waals surface area contributed by atoms with Gasteiger partial charge in [0.1, 0.15) is 0 Å². The monoisotopic (exact) mass is 272 g/mol. The molecule has 0 spiro atoms. The smallest absolute Gasteiger partial charge is 0.178 e. The van der Waals surface area contributed by atoms with E-state index in [0.717, 1.165) is 26.6 Å². The summed E-state index contributed by atoms with van der Waals surface area (Å²) in [5.41, 5.74) is 2.01. The van der Waals surface area contributed by atoms with Gasteiger partial charge in [0.25, 0.3) is 0 Å². The summed E-state index contributed by atoms with van der Waals surface area (Å²) in [7, 11) is 0. The highest BCUT2D eigenvalue weighted by Gasteiger charge is 2.11. The first-order chi connectivity index (χ1) is 7.65. The summed E-state index contributed by atoms with van der Waals surface area (Å²) >= 11 is 13.3. The van der Waals surface area contributed by atoms with Gasteiger partial charge in [-0.3, -0.25) is 0 Å². The Morgan fingerprint density at radius 1 is 1.56 bits per heavy atom. The first-order valence-corrected chi connectivity index (χ1v) is 7.21. The molecule has 86 valence electrons. The van der Waals surface area contributed by atoms with Gasteiger partial charge in [0, 0.05) is 11.8 Å². The van der Waals surface area contributed by atoms with Crippen LogP contribution in [0.2, 0.25) is 5.02 Å². The molecule has 0 aliphatic heterocycles. The molecule has 1 aromatic carbocycles. The second-order valence-corrected chi connectivity index (χ2v) is 5.44. The predicted molar refractivity (Wildman–Crippen MR) is 75.2 cm³/mol. The first kappa shape index (κ1) is 12.0. The molecule has 2 aromatic rings. The van der Waals surface area contributed by atoms with E-state index in [0.29, 0.717) is 6.04 Å². The zero-order valence-corrected chi connectivity index (χ0v) is 11.5. The second kappa shape index (κ2) is 4.82. The van der Waals surface area contributed by atoms with Crippen molar-refractivity contribution in [2.45, 2.75) is 13.0 Å². The Bertz CT molecular complexity index is 559. The predicted octanol–water partition coefficient (Wildman–Crippen LogP) is 4.28. The van der Waals surface area contributed by atoms with Crippen molar-refractivity contribution < 1.29 is 0 Å². The second-order valence-electron chi connectivity index (χ2n) is 3.74. The Hall–Kier alpha value is -0.450. The van der Waals surface area contributed by atoms with Gasteiger partial charge < -0.3 is 9.55 Å². The lowest BCUT2D eigenvalue weighted by Crippen LogP contribution is -2.07. The lowest BCUT2D eigenvalue weighted by atomic mass is 10.3. The standard InChI is InChI=1S/C11H13ClN2S2/c1-7(6-16-2)14-9-5-3-4-8(12)10(9)13-11(14)15/h3-5,7H,6H2,1-2H3,(H,13,15). The number of nitrogens with one attached hydrogen (secondary N) is 1. The first-order valence-electron chi connectivity index (χ1n) is 5.03. The van der Waals surface area contributed by atoms with Crippen LogP contribution in [-0.4, -0.2) is 21.6 Å². The SMILES string of the molecule is CSCC(C)n1c(=S)[nH]c2c(Cl)cccc21. The molecular weight excluding hydrogens is 260 g/mol. The van der Waals surface area contributed by atoms with Gasteiger partial charge in [-0.25, -0.2) is 0 Å². The molecule has 1 heterocycles. The average Bonchev–Trinajstić information content (AvgIpc) is 2.56. The number of halogens is 1. The van der Waals surface area contributed by atoms with Crippen LogP contribution in [0, 0.1) is 4.77 Å². The largest absolute Gasteiger partial charge is 0.329 e. The number of aromatic nitrogens is 2. The summed E-state index contributed by atoms with van der Waals surface area (Å²) in [5, 5.41) is 0.721. The van der Waals surface area contributed by atoms with Crippen molar-refractivity contribution >= 4 is 46.6 Å². The summed E-state index contributed by atoms with van der Waals surface area (Å²) < 4.78 is 2.87. The maximum atomic E-state index is 6.13. The van der Waals surface area contributed by atoms with Crippen LogP contribution in [0.25, 0.3) is 11.0 Å². The van der Waals surface area contributed by atoms with Crippen LogP contribution in [0.1, 0.15) is 13.0 Å². The number of fused-ring (bicyclic) bond motifs is 1. The fraction of sp³-hybridized carbons (Fsp3) is 0.364. The van der Waals surface area contributed by atoms with E-state index in [1.165, 1.54) is 0 Å². The van der Waals surface area contributed by atoms with Crippen LogP contribution in [-0.2, 0) is 0 Å². The zero-order chi connectivity index (χ0) is 11.7. The Labute approximate surface area is 109 Å². The normalized spacial score (nSPS) is 13.2. The summed E-state index contributed by atoms with van der Waals surface area (Å²) in [4.78, 5) is 3.17. The van der Waals surface area contributed by atoms with Crippen molar-refractivity contribution in [1.82, 2.24) is 9.55 Å². The molecule has 5 heteroatoms. The van der Waals surface area contributed by atoms with Gasteiger partial charge in [-0.2, -0.15) is 11.8 Å². The van der Waals surface area contributed by atoms with Crippen LogP contribution in [0.15, 0.2) is 18.2 Å². The fourth-order valence-corrected chi connectivity index (χ4v) is 3.10. The van der Waals surface area contributed by atoms with Gasteiger partial charge in [-0.1, -0.05) is 17.7 Å². The molecule has 1 unspecified atom stereocenters. The van der Waals surface area contributed by atoms with Crippen LogP contribution in [0.4, 0.5) is 0 Å². The van der Waals surface area contributed by atoms with Gasteiger partial charge in [0.2, 0.25) is 0 Å². The van der Waals surface area contributed by atoms with Gasteiger partial charge >= 0.3 is 0 Å². The van der Waals surface area contributed by atoms with Crippen molar-refractivity contribution in [2.24, 2.45) is 0 Å². The maximum Gasteiger partial charge on any atom is 0.178 e. The Morgan fingerprint density at radius 3 is 3.00 bits per heavy atom. The summed E-state index contributed by atoms with van der Waals surface area (Å²) in [6.07, 6.45) is 2.10. The van der Waals surface area contributed by atoms with Crippen LogP contribution >= 0.6 is 35.6 Å². The number of para-hydroxylation sites is 1. The number of nitrogens with zero attached hydrogens (tertiary/aromatic N) is 1. The van der Waals surface area contributed by atoms with E-state index >= 15 is 0 Å². The van der Waals surface area contributed by atoms with E-state index in [-0.39, 0.29) is 0 Å². The molecule has 0 aliphatic rings. The minimum atomic E-state index is 0.370. The number of imidazole rings is 1. The molecule has 1 aromatic heterocycles. The molecule has 0 radical (unpaired) electrons. The van der Waals surface area contributed by atoms with Crippen molar-refractivity contribution in [3.05, 3.63) is 28.0 Å². The number of aromatic amines is 1. The molecule has 1 atom stereocenters. The fourth-order valence-electron chi connectivity index (χ4n) is 1.87. The van der Waals surface area contributed by atoms with E-state index in [2.05, 4.69) is 22.7 Å². The Kier molecular flexibility index (Phi) is 3.62. The van der Waals surface area contributed by atoms with Crippen LogP contribution < -0.4 is 0 Å². The number of thioether (sulfide) groups is 1. The lowest BCUT2D eigenvalue weighted by molar-refractivity contribution is 0.620. The highest BCUT2D eigenvalue weighted by atomic mass is 35.5. The molecule has 0 amide bonds. The molecule has 0 saturated carbocycles. The highest BCUT2D eigenvalue weighted by Crippen LogP contribution is 2.26. The van der Waals surface area contributed by atoms with Crippen molar-refractivity contribution in [3.63, 3.8) is 0 Å². The number of hydrogen-bond acceptors (Lipinski definition) is 2. The number of hydrogen-bond donors (Lipinski definition) is 1. The van der Waals surface area contributed by atoms with E-state index in [1.54, 1.807) is 0 Å². The minimum Gasteiger partial charge on any atom is -0.329 e. The quantitative estimate of drug-likeness (QED) is 0.842. The van der Waals surface area contributed by atoms with Crippen molar-refractivity contribution in [3.8, 4) is 0 Å². The van der Waals surface area contributed by atoms with Crippen molar-refractivity contribution in [1.29, 1.82) is 0 Å². The molecule has 0 saturated heterocycles. The maximum absolute atomic E-state index is 6.13. The van der Waals surface area contributed by atoms with E-state index in [9.17, 15) is 0 Å². The molecule has 2 rings (SSSR count). The third-order valence-corrected chi connectivity index (χ3v) is 3.98. The van der Waals surface area contributed by atoms with E-state index in [4.69, 9.17) is 23.8 Å². The van der Waals surface area contributed by atoms with Crippen LogP contribution in [0.3, 0.4) is 0 Å². The van der Waals surface area contributed by atoms with Gasteiger partial charge in [-0.15, -0.1) is 0 Å². The van der Waals surface area contributed by atoms with Gasteiger partial charge in [0.05, 0.1) is 16.1 Å². The third kappa shape index (κ3) is 2.01. The van der Waals surface area contributed by atoms with Crippen molar-refractivity contribution in [2.75, 3.05) is 12.0 Å². The van der Waals surface area contributed by atoms with Gasteiger partial charge in [-0.05, 0) is 37.5 Å². The molecule has 0 aliphatic carbocycles. The molecule has 2 nitrogen and oxygen atoms in total. The Morgan fingerprint density at radius 2 is 2.31 bits per heavy atom. The molecular formula is C11H13ClN2S2. The molecule has 1 N–H and O–H groups in total. The Balaban J connectivity index is 2.65. The van der Waals surface area contributed by atoms with Gasteiger partial charge in [0.15, 0.2) is 4.77 Å². The summed E-state index contributed by atoms with van der Waals surface area (Å²) in [6, 6.07) is 6.24. The molecule has 16 heavy (non-hydrogen) atoms. The summed E-state index contributed by atoms with van der Waals surface area (Å²) in [5.74, 6) is 1.04. The topological polar surface area (TPSA) is 20.7 Å². The third-order valence-electron chi connectivity index (χ3n) is 2.55. The summed E-state index contributed by atoms with van der Waals surface area (Å²) in [6.45, 7) is 2.17. The lowest BCUT2D eigenvalue weighted by Gasteiger charge is -2.12. The zero-order valence-electron chi connectivity index (χ0n) is 9.16. The number of benzene rings is 1. The highest BCUT2D eigenvalue weighted by molar-refractivity contribution is 7.98. The molecule has 0 fully saturated rings. The number of rotatable bonds is 3. The van der Waals surface area contributed by atoms with Crippen LogP contribution in [0.5, 0.6) is 0 Å².